The van der Waals surface area contributed by atoms with E-state index >= 15 is 0 Å². The summed E-state index contributed by atoms with van der Waals surface area (Å²) in [6.45, 7) is 4.07. The normalized spacial score (nSPS) is 31.5. The molecule has 2 saturated heterocycles. The first-order chi connectivity index (χ1) is 6.70. The van der Waals surface area contributed by atoms with Crippen LogP contribution in [0, 0.1) is 0 Å². The monoisotopic (exact) mass is 199 g/mol. The maximum atomic E-state index is 5.92. The highest BCUT2D eigenvalue weighted by Crippen LogP contribution is 2.25. The molecule has 2 heterocycles. The van der Waals surface area contributed by atoms with Crippen molar-refractivity contribution in [1.82, 2.24) is 15.5 Å². The molecule has 0 saturated carbocycles. The molecule has 1 spiro atoms. The summed E-state index contributed by atoms with van der Waals surface area (Å²) in [7, 11) is 4.21. The van der Waals surface area contributed by atoms with Gasteiger partial charge in [0.2, 0.25) is 0 Å². The van der Waals surface area contributed by atoms with E-state index in [2.05, 4.69) is 29.6 Å². The first kappa shape index (κ1) is 10.4. The molecule has 4 nitrogen and oxygen atoms in total. The Labute approximate surface area is 86.0 Å². The number of nitrogens with one attached hydrogen (secondary N) is 2. The second-order valence-corrected chi connectivity index (χ2v) is 4.66. The highest BCUT2D eigenvalue weighted by molar-refractivity contribution is 4.92. The molecular weight excluding hydrogens is 178 g/mol. The Balaban J connectivity index is 1.86. The number of hydrogen-bond donors (Lipinski definition) is 2. The van der Waals surface area contributed by atoms with E-state index in [1.54, 1.807) is 0 Å². The maximum Gasteiger partial charge on any atom is 0.122 e. The molecule has 0 aliphatic carbocycles. The van der Waals surface area contributed by atoms with Crippen LogP contribution in [0.4, 0.5) is 0 Å². The molecular formula is C10H21N3O. The van der Waals surface area contributed by atoms with Crippen molar-refractivity contribution in [2.24, 2.45) is 0 Å². The zero-order valence-corrected chi connectivity index (χ0v) is 9.18. The fourth-order valence-electron chi connectivity index (χ4n) is 2.37. The quantitative estimate of drug-likeness (QED) is 0.635. The second kappa shape index (κ2) is 4.14. The summed E-state index contributed by atoms with van der Waals surface area (Å²) >= 11 is 0. The molecule has 2 rings (SSSR count). The lowest BCUT2D eigenvalue weighted by Gasteiger charge is -2.33. The van der Waals surface area contributed by atoms with Crippen LogP contribution in [0.1, 0.15) is 12.8 Å². The molecule has 1 atom stereocenters. The number of nitrogens with zero attached hydrogens (tertiary/aromatic N) is 1. The minimum atomic E-state index is -0.00801. The summed E-state index contributed by atoms with van der Waals surface area (Å²) in [6.07, 6.45) is 2.19. The number of likely N-dealkylation sites (N-methyl/N-ethyl adjacent to an activating group) is 1. The van der Waals surface area contributed by atoms with E-state index in [1.165, 1.54) is 0 Å². The Kier molecular flexibility index (Phi) is 3.07. The van der Waals surface area contributed by atoms with Gasteiger partial charge in [0.05, 0.1) is 6.61 Å². The van der Waals surface area contributed by atoms with Crippen LogP contribution in [-0.4, -0.2) is 57.0 Å². The molecule has 82 valence electrons. The largest absolute Gasteiger partial charge is 0.359 e. The molecule has 0 amide bonds. The van der Waals surface area contributed by atoms with Gasteiger partial charge in [-0.05, 0) is 27.2 Å². The first-order valence-electron chi connectivity index (χ1n) is 5.47. The van der Waals surface area contributed by atoms with Crippen LogP contribution in [0.25, 0.3) is 0 Å². The summed E-state index contributed by atoms with van der Waals surface area (Å²) in [5, 5.41) is 6.99. The van der Waals surface area contributed by atoms with Gasteiger partial charge in [-0.1, -0.05) is 0 Å². The van der Waals surface area contributed by atoms with Gasteiger partial charge in [0.25, 0.3) is 0 Å². The molecule has 0 aromatic rings. The van der Waals surface area contributed by atoms with Gasteiger partial charge < -0.3 is 15.0 Å². The molecule has 0 aromatic carbocycles. The molecule has 2 N–H and O–H groups in total. The van der Waals surface area contributed by atoms with Gasteiger partial charge in [0, 0.05) is 25.4 Å². The standard InChI is InChI=1S/C10H21N3O/c1-13(2)7-9-8-14-10(12-9)3-5-11-6-4-10/h9,11-12H,3-8H2,1-2H3. The summed E-state index contributed by atoms with van der Waals surface area (Å²) in [5.74, 6) is 0. The predicted molar refractivity (Wildman–Crippen MR) is 56.3 cm³/mol. The van der Waals surface area contributed by atoms with Crippen molar-refractivity contribution in [3.8, 4) is 0 Å². The third kappa shape index (κ3) is 2.25. The topological polar surface area (TPSA) is 36.5 Å². The highest BCUT2D eigenvalue weighted by atomic mass is 16.5. The summed E-state index contributed by atoms with van der Waals surface area (Å²) in [5.41, 5.74) is -0.00801. The van der Waals surface area contributed by atoms with Crippen LogP contribution < -0.4 is 10.6 Å². The molecule has 0 aromatic heterocycles. The number of ether oxygens (including phenoxy) is 1. The number of piperidine rings is 1. The van der Waals surface area contributed by atoms with Crippen LogP contribution in [0.3, 0.4) is 0 Å². The van der Waals surface area contributed by atoms with E-state index in [9.17, 15) is 0 Å². The minimum absolute atomic E-state index is 0.00801. The molecule has 0 radical (unpaired) electrons. The lowest BCUT2D eigenvalue weighted by Crippen LogP contribution is -2.52. The van der Waals surface area contributed by atoms with Crippen molar-refractivity contribution in [2.75, 3.05) is 40.3 Å². The smallest absolute Gasteiger partial charge is 0.122 e. The van der Waals surface area contributed by atoms with E-state index in [4.69, 9.17) is 4.74 Å². The molecule has 0 bridgehead atoms. The molecule has 2 aliphatic rings. The fraction of sp³-hybridized carbons (Fsp3) is 1.00. The van der Waals surface area contributed by atoms with Crippen LogP contribution >= 0.6 is 0 Å². The van der Waals surface area contributed by atoms with Crippen molar-refractivity contribution in [2.45, 2.75) is 24.6 Å². The van der Waals surface area contributed by atoms with E-state index in [-0.39, 0.29) is 5.72 Å². The van der Waals surface area contributed by atoms with Crippen molar-refractivity contribution in [3.05, 3.63) is 0 Å². The Hall–Kier alpha value is -0.160. The average Bonchev–Trinajstić information content (AvgIpc) is 2.49. The summed E-state index contributed by atoms with van der Waals surface area (Å²) in [4.78, 5) is 2.21. The van der Waals surface area contributed by atoms with Gasteiger partial charge in [-0.2, -0.15) is 0 Å². The highest BCUT2D eigenvalue weighted by Gasteiger charge is 2.40. The van der Waals surface area contributed by atoms with E-state index < -0.39 is 0 Å². The van der Waals surface area contributed by atoms with Crippen LogP contribution in [-0.2, 0) is 4.74 Å². The number of rotatable bonds is 2. The maximum absolute atomic E-state index is 5.92. The third-order valence-electron chi connectivity index (χ3n) is 3.02. The zero-order chi connectivity index (χ0) is 10.0. The zero-order valence-electron chi connectivity index (χ0n) is 9.18. The lowest BCUT2D eigenvalue weighted by atomic mass is 10.0. The van der Waals surface area contributed by atoms with E-state index in [1.807, 2.05) is 0 Å². The van der Waals surface area contributed by atoms with Crippen LogP contribution in [0.15, 0.2) is 0 Å². The van der Waals surface area contributed by atoms with Crippen molar-refractivity contribution < 1.29 is 4.74 Å². The Morgan fingerprint density at radius 1 is 1.36 bits per heavy atom. The van der Waals surface area contributed by atoms with Gasteiger partial charge in [-0.3, -0.25) is 5.32 Å². The molecule has 2 aliphatic heterocycles. The fourth-order valence-corrected chi connectivity index (χ4v) is 2.37. The molecule has 1 unspecified atom stereocenters. The van der Waals surface area contributed by atoms with Gasteiger partial charge in [-0.25, -0.2) is 0 Å². The van der Waals surface area contributed by atoms with Crippen LogP contribution in [0.5, 0.6) is 0 Å². The van der Waals surface area contributed by atoms with Gasteiger partial charge in [0.15, 0.2) is 0 Å². The van der Waals surface area contributed by atoms with Gasteiger partial charge in [0.1, 0.15) is 5.72 Å². The molecule has 2 fully saturated rings. The summed E-state index contributed by atoms with van der Waals surface area (Å²) < 4.78 is 5.92. The first-order valence-corrected chi connectivity index (χ1v) is 5.47. The van der Waals surface area contributed by atoms with Gasteiger partial charge >= 0.3 is 0 Å². The Morgan fingerprint density at radius 3 is 2.71 bits per heavy atom. The van der Waals surface area contributed by atoms with Gasteiger partial charge in [-0.15, -0.1) is 0 Å². The summed E-state index contributed by atoms with van der Waals surface area (Å²) in [6, 6.07) is 0.503. The third-order valence-corrected chi connectivity index (χ3v) is 3.02. The molecule has 14 heavy (non-hydrogen) atoms. The second-order valence-electron chi connectivity index (χ2n) is 4.66. The number of hydrogen-bond acceptors (Lipinski definition) is 4. The van der Waals surface area contributed by atoms with Crippen LogP contribution in [0.2, 0.25) is 0 Å². The Morgan fingerprint density at radius 2 is 2.07 bits per heavy atom. The van der Waals surface area contributed by atoms with E-state index in [0.717, 1.165) is 39.1 Å². The van der Waals surface area contributed by atoms with Crippen molar-refractivity contribution in [3.63, 3.8) is 0 Å². The SMILES string of the molecule is CN(C)CC1COC2(CCNCC2)N1. The predicted octanol–water partition coefficient (Wildman–Crippen LogP) is -0.384. The minimum Gasteiger partial charge on any atom is -0.359 e. The van der Waals surface area contributed by atoms with E-state index in [0.29, 0.717) is 6.04 Å². The lowest BCUT2D eigenvalue weighted by molar-refractivity contribution is -0.0331. The van der Waals surface area contributed by atoms with Crippen molar-refractivity contribution in [1.29, 1.82) is 0 Å². The van der Waals surface area contributed by atoms with Crippen molar-refractivity contribution >= 4 is 0 Å². The Bertz CT molecular complexity index is 190. The average molecular weight is 199 g/mol. The molecule has 4 heteroatoms.